The SMILES string of the molecule is CCOCCCCNC(=O)CN1CCN(C(=O)C2CCCCC2)CC1. The van der Waals surface area contributed by atoms with Gasteiger partial charge in [-0.2, -0.15) is 0 Å². The Morgan fingerprint density at radius 1 is 1.04 bits per heavy atom. The van der Waals surface area contributed by atoms with Gasteiger partial charge in [-0.05, 0) is 32.6 Å². The number of hydrogen-bond donors (Lipinski definition) is 1. The Hall–Kier alpha value is -1.14. The number of piperazine rings is 1. The minimum atomic E-state index is 0.0865. The molecule has 25 heavy (non-hydrogen) atoms. The van der Waals surface area contributed by atoms with Crippen LogP contribution in [-0.2, 0) is 14.3 Å². The highest BCUT2D eigenvalue weighted by molar-refractivity contribution is 5.79. The normalized spacial score (nSPS) is 19.8. The van der Waals surface area contributed by atoms with E-state index in [1.165, 1.54) is 19.3 Å². The number of amides is 2. The molecule has 2 rings (SSSR count). The topological polar surface area (TPSA) is 61.9 Å². The van der Waals surface area contributed by atoms with Crippen LogP contribution in [-0.4, -0.2) is 74.1 Å². The van der Waals surface area contributed by atoms with Crippen LogP contribution in [0.4, 0.5) is 0 Å². The van der Waals surface area contributed by atoms with E-state index in [9.17, 15) is 9.59 Å². The molecule has 0 bridgehead atoms. The average Bonchev–Trinajstić information content (AvgIpc) is 2.65. The van der Waals surface area contributed by atoms with Crippen molar-refractivity contribution in [2.45, 2.75) is 51.9 Å². The molecule has 0 atom stereocenters. The van der Waals surface area contributed by atoms with Gasteiger partial charge in [0.1, 0.15) is 0 Å². The minimum absolute atomic E-state index is 0.0865. The molecule has 1 heterocycles. The number of unbranched alkanes of at least 4 members (excludes halogenated alkanes) is 1. The summed E-state index contributed by atoms with van der Waals surface area (Å²) in [4.78, 5) is 28.7. The molecule has 1 N–H and O–H groups in total. The summed E-state index contributed by atoms with van der Waals surface area (Å²) in [6.07, 6.45) is 7.72. The van der Waals surface area contributed by atoms with Crippen LogP contribution >= 0.6 is 0 Å². The van der Waals surface area contributed by atoms with Gasteiger partial charge in [0, 0.05) is 51.9 Å². The molecular formula is C19H35N3O3. The van der Waals surface area contributed by atoms with Gasteiger partial charge in [0.05, 0.1) is 6.54 Å². The fourth-order valence-corrected chi connectivity index (χ4v) is 3.69. The van der Waals surface area contributed by atoms with Crippen molar-refractivity contribution < 1.29 is 14.3 Å². The van der Waals surface area contributed by atoms with E-state index in [0.717, 1.165) is 65.1 Å². The van der Waals surface area contributed by atoms with Crippen LogP contribution in [0.2, 0.25) is 0 Å². The summed E-state index contributed by atoms with van der Waals surface area (Å²) in [6, 6.07) is 0. The fraction of sp³-hybridized carbons (Fsp3) is 0.895. The Morgan fingerprint density at radius 3 is 2.44 bits per heavy atom. The van der Waals surface area contributed by atoms with Crippen LogP contribution in [0.3, 0.4) is 0 Å². The number of ether oxygens (including phenoxy) is 1. The summed E-state index contributed by atoms with van der Waals surface area (Å²) < 4.78 is 5.28. The number of nitrogens with zero attached hydrogens (tertiary/aromatic N) is 2. The van der Waals surface area contributed by atoms with Crippen molar-refractivity contribution in [1.82, 2.24) is 15.1 Å². The first-order valence-electron chi connectivity index (χ1n) is 10.1. The standard InChI is InChI=1S/C19H35N3O3/c1-2-25-15-7-6-10-20-18(23)16-21-11-13-22(14-12-21)19(24)17-8-4-3-5-9-17/h17H,2-16H2,1H3,(H,20,23). The minimum Gasteiger partial charge on any atom is -0.382 e. The fourth-order valence-electron chi connectivity index (χ4n) is 3.69. The summed E-state index contributed by atoms with van der Waals surface area (Å²) in [6.45, 7) is 7.79. The Labute approximate surface area is 152 Å². The van der Waals surface area contributed by atoms with E-state index < -0.39 is 0 Å². The largest absolute Gasteiger partial charge is 0.382 e. The number of carbonyl (C=O) groups is 2. The Morgan fingerprint density at radius 2 is 1.76 bits per heavy atom. The lowest BCUT2D eigenvalue weighted by molar-refractivity contribution is -0.138. The number of nitrogens with one attached hydrogen (secondary N) is 1. The monoisotopic (exact) mass is 353 g/mol. The quantitative estimate of drug-likeness (QED) is 0.640. The molecule has 6 heteroatoms. The third-order valence-corrected chi connectivity index (χ3v) is 5.25. The van der Waals surface area contributed by atoms with Crippen LogP contribution in [0, 0.1) is 5.92 Å². The molecule has 0 aromatic carbocycles. The Balaban J connectivity index is 1.56. The zero-order valence-corrected chi connectivity index (χ0v) is 15.8. The molecule has 2 aliphatic rings. The van der Waals surface area contributed by atoms with Gasteiger partial charge in [0.15, 0.2) is 0 Å². The predicted octanol–water partition coefficient (Wildman–Crippen LogP) is 1.64. The molecule has 0 unspecified atom stereocenters. The van der Waals surface area contributed by atoms with E-state index in [2.05, 4.69) is 10.2 Å². The maximum atomic E-state index is 12.5. The molecule has 1 aliphatic heterocycles. The predicted molar refractivity (Wildman–Crippen MR) is 98.3 cm³/mol. The summed E-state index contributed by atoms with van der Waals surface area (Å²) >= 11 is 0. The second-order valence-corrected chi connectivity index (χ2v) is 7.19. The van der Waals surface area contributed by atoms with Crippen LogP contribution in [0.1, 0.15) is 51.9 Å². The summed E-state index contributed by atoms with van der Waals surface area (Å²) in [5.74, 6) is 0.682. The highest BCUT2D eigenvalue weighted by Crippen LogP contribution is 2.25. The summed E-state index contributed by atoms with van der Waals surface area (Å²) in [5, 5.41) is 2.98. The maximum Gasteiger partial charge on any atom is 0.234 e. The second kappa shape index (κ2) is 11.5. The number of rotatable bonds is 9. The first-order chi connectivity index (χ1) is 12.2. The molecule has 1 saturated heterocycles. The lowest BCUT2D eigenvalue weighted by atomic mass is 9.88. The summed E-state index contributed by atoms with van der Waals surface area (Å²) in [5.41, 5.74) is 0. The third kappa shape index (κ3) is 7.32. The third-order valence-electron chi connectivity index (χ3n) is 5.25. The molecule has 1 saturated carbocycles. The summed E-state index contributed by atoms with van der Waals surface area (Å²) in [7, 11) is 0. The Kier molecular flexibility index (Phi) is 9.26. The van der Waals surface area contributed by atoms with Gasteiger partial charge < -0.3 is 15.0 Å². The van der Waals surface area contributed by atoms with Gasteiger partial charge in [-0.25, -0.2) is 0 Å². The van der Waals surface area contributed by atoms with Crippen molar-refractivity contribution in [3.63, 3.8) is 0 Å². The van der Waals surface area contributed by atoms with Gasteiger partial charge in [0.2, 0.25) is 11.8 Å². The second-order valence-electron chi connectivity index (χ2n) is 7.19. The maximum absolute atomic E-state index is 12.5. The molecular weight excluding hydrogens is 318 g/mol. The lowest BCUT2D eigenvalue weighted by Crippen LogP contribution is -2.52. The van der Waals surface area contributed by atoms with Crippen molar-refractivity contribution in [1.29, 1.82) is 0 Å². The Bertz CT molecular complexity index is 403. The van der Waals surface area contributed by atoms with Crippen LogP contribution < -0.4 is 5.32 Å². The van der Waals surface area contributed by atoms with Gasteiger partial charge in [-0.3, -0.25) is 14.5 Å². The van der Waals surface area contributed by atoms with Gasteiger partial charge in [-0.1, -0.05) is 19.3 Å². The number of carbonyl (C=O) groups excluding carboxylic acids is 2. The molecule has 0 aromatic rings. The molecule has 2 fully saturated rings. The molecule has 6 nitrogen and oxygen atoms in total. The van der Waals surface area contributed by atoms with Crippen molar-refractivity contribution >= 4 is 11.8 Å². The smallest absolute Gasteiger partial charge is 0.234 e. The molecule has 0 radical (unpaired) electrons. The zero-order valence-electron chi connectivity index (χ0n) is 15.8. The zero-order chi connectivity index (χ0) is 17.9. The average molecular weight is 354 g/mol. The molecule has 1 aliphatic carbocycles. The van der Waals surface area contributed by atoms with Crippen molar-refractivity contribution in [2.75, 3.05) is 52.5 Å². The van der Waals surface area contributed by atoms with E-state index in [1.54, 1.807) is 0 Å². The first kappa shape index (κ1) is 20.2. The first-order valence-corrected chi connectivity index (χ1v) is 10.1. The van der Waals surface area contributed by atoms with Gasteiger partial charge >= 0.3 is 0 Å². The molecule has 2 amide bonds. The van der Waals surface area contributed by atoms with E-state index in [-0.39, 0.29) is 11.8 Å². The molecule has 144 valence electrons. The lowest BCUT2D eigenvalue weighted by Gasteiger charge is -2.36. The van der Waals surface area contributed by atoms with Gasteiger partial charge in [-0.15, -0.1) is 0 Å². The van der Waals surface area contributed by atoms with E-state index >= 15 is 0 Å². The van der Waals surface area contributed by atoms with E-state index in [1.807, 2.05) is 11.8 Å². The molecule has 0 spiro atoms. The van der Waals surface area contributed by atoms with Gasteiger partial charge in [0.25, 0.3) is 0 Å². The van der Waals surface area contributed by atoms with Crippen molar-refractivity contribution in [3.05, 3.63) is 0 Å². The number of hydrogen-bond acceptors (Lipinski definition) is 4. The van der Waals surface area contributed by atoms with Crippen LogP contribution in [0.25, 0.3) is 0 Å². The molecule has 0 aromatic heterocycles. The van der Waals surface area contributed by atoms with Crippen LogP contribution in [0.5, 0.6) is 0 Å². The van der Waals surface area contributed by atoms with Crippen molar-refractivity contribution in [2.24, 2.45) is 5.92 Å². The van der Waals surface area contributed by atoms with E-state index in [4.69, 9.17) is 4.74 Å². The highest BCUT2D eigenvalue weighted by atomic mass is 16.5. The van der Waals surface area contributed by atoms with Crippen LogP contribution in [0.15, 0.2) is 0 Å². The van der Waals surface area contributed by atoms with E-state index in [0.29, 0.717) is 19.0 Å². The highest BCUT2D eigenvalue weighted by Gasteiger charge is 2.28. The van der Waals surface area contributed by atoms with Crippen molar-refractivity contribution in [3.8, 4) is 0 Å².